The molecule has 3 aromatic heterocycles. The molecule has 6 nitrogen and oxygen atoms in total. The fourth-order valence-electron chi connectivity index (χ4n) is 3.66. The minimum atomic E-state index is -0.0619. The topological polar surface area (TPSA) is 77.9 Å². The maximum absolute atomic E-state index is 12.4. The molecule has 1 aromatic carbocycles. The second-order valence-corrected chi connectivity index (χ2v) is 6.64. The lowest BCUT2D eigenvalue weighted by atomic mass is 10.1. The van der Waals surface area contributed by atoms with Gasteiger partial charge in [0, 0.05) is 42.3 Å². The first-order valence-electron chi connectivity index (χ1n) is 8.71. The van der Waals surface area contributed by atoms with Crippen molar-refractivity contribution in [2.24, 2.45) is 0 Å². The van der Waals surface area contributed by atoms with Crippen LogP contribution in [0, 0.1) is 0 Å². The Morgan fingerprint density at radius 2 is 2.12 bits per heavy atom. The Kier molecular flexibility index (Phi) is 3.50. The van der Waals surface area contributed by atoms with Crippen LogP contribution in [0.4, 0.5) is 0 Å². The van der Waals surface area contributed by atoms with Gasteiger partial charge in [-0.3, -0.25) is 9.69 Å². The molecule has 0 fully saturated rings. The lowest BCUT2D eigenvalue weighted by Crippen LogP contribution is -2.35. The summed E-state index contributed by atoms with van der Waals surface area (Å²) in [6.07, 6.45) is 4.36. The third-order valence-electron chi connectivity index (χ3n) is 4.98. The highest BCUT2D eigenvalue weighted by molar-refractivity contribution is 5.82. The fourth-order valence-corrected chi connectivity index (χ4v) is 3.66. The first kappa shape index (κ1) is 15.2. The number of nitrogens with one attached hydrogen (secondary N) is 2. The van der Waals surface area contributed by atoms with Gasteiger partial charge >= 0.3 is 0 Å². The van der Waals surface area contributed by atoms with E-state index in [1.807, 2.05) is 6.07 Å². The molecule has 0 radical (unpaired) electrons. The van der Waals surface area contributed by atoms with Crippen LogP contribution < -0.4 is 5.56 Å². The van der Waals surface area contributed by atoms with E-state index in [0.717, 1.165) is 29.9 Å². The summed E-state index contributed by atoms with van der Waals surface area (Å²) >= 11 is 0. The van der Waals surface area contributed by atoms with Crippen molar-refractivity contribution < 1.29 is 4.42 Å². The normalized spacial score (nSPS) is 14.6. The molecule has 6 heteroatoms. The summed E-state index contributed by atoms with van der Waals surface area (Å²) in [5.74, 6) is 1.08. The molecule has 0 aliphatic carbocycles. The highest BCUT2D eigenvalue weighted by Crippen LogP contribution is 2.23. The van der Waals surface area contributed by atoms with E-state index < -0.39 is 0 Å². The van der Waals surface area contributed by atoms with Crippen molar-refractivity contribution in [3.63, 3.8) is 0 Å². The van der Waals surface area contributed by atoms with E-state index in [1.54, 1.807) is 18.4 Å². The minimum absolute atomic E-state index is 0.0619. The Morgan fingerprint density at radius 3 is 3.00 bits per heavy atom. The quantitative estimate of drug-likeness (QED) is 0.598. The summed E-state index contributed by atoms with van der Waals surface area (Å²) in [4.78, 5) is 25.6. The molecule has 0 amide bonds. The van der Waals surface area contributed by atoms with Gasteiger partial charge in [-0.15, -0.1) is 0 Å². The van der Waals surface area contributed by atoms with Crippen molar-refractivity contribution in [2.45, 2.75) is 19.5 Å². The van der Waals surface area contributed by atoms with E-state index in [9.17, 15) is 4.79 Å². The van der Waals surface area contributed by atoms with Gasteiger partial charge in [-0.25, -0.2) is 4.98 Å². The van der Waals surface area contributed by atoms with Crippen LogP contribution >= 0.6 is 0 Å². The van der Waals surface area contributed by atoms with Gasteiger partial charge in [-0.1, -0.05) is 18.2 Å². The molecule has 4 heterocycles. The fraction of sp³-hybridized carbons (Fsp3) is 0.200. The highest BCUT2D eigenvalue weighted by atomic mass is 16.3. The van der Waals surface area contributed by atoms with Crippen LogP contribution in [0.3, 0.4) is 0 Å². The van der Waals surface area contributed by atoms with Crippen molar-refractivity contribution in [1.29, 1.82) is 0 Å². The number of H-pyrrole nitrogens is 2. The molecule has 0 saturated carbocycles. The Balaban J connectivity index is 1.45. The molecular formula is C20H18N4O2. The Labute approximate surface area is 149 Å². The van der Waals surface area contributed by atoms with Crippen molar-refractivity contribution in [3.8, 4) is 11.6 Å². The van der Waals surface area contributed by atoms with E-state index in [4.69, 9.17) is 4.42 Å². The molecule has 0 unspecified atom stereocenters. The number of benzene rings is 1. The van der Waals surface area contributed by atoms with Crippen LogP contribution in [0.15, 0.2) is 58.1 Å². The van der Waals surface area contributed by atoms with Crippen molar-refractivity contribution in [2.75, 3.05) is 6.54 Å². The van der Waals surface area contributed by atoms with Gasteiger partial charge in [-0.2, -0.15) is 0 Å². The lowest BCUT2D eigenvalue weighted by Gasteiger charge is -2.27. The Hall–Kier alpha value is -3.12. The average Bonchev–Trinajstić information content (AvgIpc) is 3.32. The summed E-state index contributed by atoms with van der Waals surface area (Å²) in [5, 5.41) is 1.24. The zero-order chi connectivity index (χ0) is 17.5. The predicted molar refractivity (Wildman–Crippen MR) is 98.7 cm³/mol. The maximum atomic E-state index is 12.4. The summed E-state index contributed by atoms with van der Waals surface area (Å²) < 4.78 is 5.38. The molecule has 4 aromatic rings. The van der Waals surface area contributed by atoms with E-state index in [-0.39, 0.29) is 5.56 Å². The molecule has 130 valence electrons. The second-order valence-electron chi connectivity index (χ2n) is 6.64. The molecule has 1 aliphatic rings. The smallest absolute Gasteiger partial charge is 0.254 e. The number of para-hydroxylation sites is 1. The van der Waals surface area contributed by atoms with Gasteiger partial charge in [0.25, 0.3) is 5.56 Å². The largest absolute Gasteiger partial charge is 0.461 e. The predicted octanol–water partition coefficient (Wildman–Crippen LogP) is 3.07. The maximum Gasteiger partial charge on any atom is 0.254 e. The van der Waals surface area contributed by atoms with E-state index in [2.05, 4.69) is 44.2 Å². The van der Waals surface area contributed by atoms with Crippen molar-refractivity contribution in [3.05, 3.63) is 76.0 Å². The van der Waals surface area contributed by atoms with E-state index in [1.165, 1.54) is 10.9 Å². The van der Waals surface area contributed by atoms with Crippen LogP contribution in [0.25, 0.3) is 22.5 Å². The van der Waals surface area contributed by atoms with Crippen molar-refractivity contribution in [1.82, 2.24) is 19.9 Å². The van der Waals surface area contributed by atoms with E-state index in [0.29, 0.717) is 24.6 Å². The standard InChI is InChI=1S/C20H18N4O2/c25-20-15-7-8-24(11-13-10-21-16-5-2-1-4-14(13)16)12-17(15)22-19(23-20)18-6-3-9-26-18/h1-6,9-10,21H,7-8,11-12H2,(H,22,23,25). The van der Waals surface area contributed by atoms with Crippen LogP contribution in [-0.4, -0.2) is 26.4 Å². The zero-order valence-electron chi connectivity index (χ0n) is 14.2. The monoisotopic (exact) mass is 346 g/mol. The third-order valence-corrected chi connectivity index (χ3v) is 4.98. The molecule has 2 N–H and O–H groups in total. The second kappa shape index (κ2) is 6.00. The van der Waals surface area contributed by atoms with Crippen molar-refractivity contribution >= 4 is 10.9 Å². The highest BCUT2D eigenvalue weighted by Gasteiger charge is 2.22. The molecule has 0 bridgehead atoms. The third kappa shape index (κ3) is 2.55. The van der Waals surface area contributed by atoms with Crippen LogP contribution in [0.2, 0.25) is 0 Å². The van der Waals surface area contributed by atoms with Gasteiger partial charge < -0.3 is 14.4 Å². The van der Waals surface area contributed by atoms with E-state index >= 15 is 0 Å². The van der Waals surface area contributed by atoms with Gasteiger partial charge in [0.2, 0.25) is 0 Å². The number of aromatic nitrogens is 3. The molecule has 0 spiro atoms. The zero-order valence-corrected chi connectivity index (χ0v) is 14.2. The molecule has 1 aliphatic heterocycles. The molecule has 0 saturated heterocycles. The number of hydrogen-bond acceptors (Lipinski definition) is 4. The summed E-state index contributed by atoms with van der Waals surface area (Å²) in [7, 11) is 0. The lowest BCUT2D eigenvalue weighted by molar-refractivity contribution is 0.241. The number of furan rings is 1. The number of aromatic amines is 2. The molecule has 26 heavy (non-hydrogen) atoms. The summed E-state index contributed by atoms with van der Waals surface area (Å²) in [6.45, 7) is 2.33. The number of fused-ring (bicyclic) bond motifs is 2. The Morgan fingerprint density at radius 1 is 1.19 bits per heavy atom. The molecule has 0 atom stereocenters. The number of rotatable bonds is 3. The first-order chi connectivity index (χ1) is 12.8. The van der Waals surface area contributed by atoms with Crippen LogP contribution in [-0.2, 0) is 19.5 Å². The molecule has 5 rings (SSSR count). The number of nitrogens with zero attached hydrogens (tertiary/aromatic N) is 2. The Bertz CT molecular complexity index is 1120. The summed E-state index contributed by atoms with van der Waals surface area (Å²) in [5.41, 5.74) is 3.98. The van der Waals surface area contributed by atoms with Gasteiger partial charge in [0.05, 0.1) is 12.0 Å². The van der Waals surface area contributed by atoms with Crippen LogP contribution in [0.1, 0.15) is 16.8 Å². The molecular weight excluding hydrogens is 328 g/mol. The SMILES string of the molecule is O=c1[nH]c(-c2ccco2)nc2c1CCN(Cc1c[nH]c3ccccc13)C2. The first-order valence-corrected chi connectivity index (χ1v) is 8.71. The average molecular weight is 346 g/mol. The summed E-state index contributed by atoms with van der Waals surface area (Å²) in [6, 6.07) is 11.9. The van der Waals surface area contributed by atoms with Crippen LogP contribution in [0.5, 0.6) is 0 Å². The van der Waals surface area contributed by atoms with Gasteiger partial charge in [0.1, 0.15) is 0 Å². The number of hydrogen-bond donors (Lipinski definition) is 2. The minimum Gasteiger partial charge on any atom is -0.461 e. The van der Waals surface area contributed by atoms with Gasteiger partial charge in [0.15, 0.2) is 11.6 Å². The van der Waals surface area contributed by atoms with Gasteiger partial charge in [-0.05, 0) is 30.2 Å².